The molecule has 12 heavy (non-hydrogen) atoms. The van der Waals surface area contributed by atoms with E-state index >= 15 is 0 Å². The van der Waals surface area contributed by atoms with E-state index in [1.54, 1.807) is 12.4 Å². The Balaban J connectivity index is 2.73. The number of hydrogen-bond acceptors (Lipinski definition) is 4. The molecular weight excluding hydrogens is 154 g/mol. The molecular formula is C8H13N3O. The first-order chi connectivity index (χ1) is 5.74. The van der Waals surface area contributed by atoms with E-state index in [0.29, 0.717) is 18.7 Å². The lowest BCUT2D eigenvalue weighted by atomic mass is 10.2. The molecule has 0 amide bonds. The van der Waals surface area contributed by atoms with Crippen LogP contribution in [0.5, 0.6) is 0 Å². The Bertz CT molecular complexity index is 252. The molecule has 0 radical (unpaired) electrons. The third kappa shape index (κ3) is 2.25. The predicted molar refractivity (Wildman–Crippen MR) is 45.4 cm³/mol. The second-order valence-corrected chi connectivity index (χ2v) is 2.68. The highest BCUT2D eigenvalue weighted by Gasteiger charge is 2.07. The Kier molecular flexibility index (Phi) is 3.13. The zero-order valence-electron chi connectivity index (χ0n) is 7.07. The summed E-state index contributed by atoms with van der Waals surface area (Å²) in [5.74, 6) is 0. The van der Waals surface area contributed by atoms with Crippen LogP contribution in [-0.4, -0.2) is 21.6 Å². The highest BCUT2D eigenvalue weighted by molar-refractivity contribution is 5.04. The molecule has 0 spiro atoms. The van der Waals surface area contributed by atoms with Gasteiger partial charge in [-0.05, 0) is 19.9 Å². The van der Waals surface area contributed by atoms with Crippen LogP contribution in [0.25, 0.3) is 0 Å². The summed E-state index contributed by atoms with van der Waals surface area (Å²) in [6, 6.07) is 0. The Morgan fingerprint density at radius 2 is 2.33 bits per heavy atom. The Labute approximate surface area is 71.5 Å². The first kappa shape index (κ1) is 9.09. The van der Waals surface area contributed by atoms with Gasteiger partial charge in [-0.3, -0.25) is 9.97 Å². The zero-order valence-corrected chi connectivity index (χ0v) is 7.07. The fourth-order valence-electron chi connectivity index (χ4n) is 0.949. The van der Waals surface area contributed by atoms with Crippen LogP contribution in [0, 0.1) is 6.92 Å². The highest BCUT2D eigenvalue weighted by Crippen LogP contribution is 2.11. The van der Waals surface area contributed by atoms with Crippen LogP contribution in [0.3, 0.4) is 0 Å². The minimum absolute atomic E-state index is 0.455. The molecule has 0 aromatic carbocycles. The van der Waals surface area contributed by atoms with Gasteiger partial charge in [-0.15, -0.1) is 0 Å². The quantitative estimate of drug-likeness (QED) is 0.673. The predicted octanol–water partition coefficient (Wildman–Crippen LogP) is 0.167. The van der Waals surface area contributed by atoms with Crippen LogP contribution in [0.4, 0.5) is 0 Å². The van der Waals surface area contributed by atoms with Crippen molar-refractivity contribution in [2.45, 2.75) is 19.4 Å². The number of hydrogen-bond donors (Lipinski definition) is 2. The van der Waals surface area contributed by atoms with Gasteiger partial charge in [0.25, 0.3) is 0 Å². The van der Waals surface area contributed by atoms with Crippen molar-refractivity contribution in [2.75, 3.05) is 6.54 Å². The molecule has 4 nitrogen and oxygen atoms in total. The van der Waals surface area contributed by atoms with E-state index in [1.165, 1.54) is 0 Å². The minimum Gasteiger partial charge on any atom is -0.387 e. The van der Waals surface area contributed by atoms with E-state index in [1.807, 2.05) is 6.92 Å². The third-order valence-electron chi connectivity index (χ3n) is 1.56. The van der Waals surface area contributed by atoms with Crippen LogP contribution in [0.1, 0.15) is 23.9 Å². The first-order valence-electron chi connectivity index (χ1n) is 3.90. The maximum atomic E-state index is 9.46. The maximum Gasteiger partial charge on any atom is 0.0987 e. The van der Waals surface area contributed by atoms with Crippen molar-refractivity contribution < 1.29 is 5.11 Å². The molecule has 3 N–H and O–H groups in total. The first-order valence-corrected chi connectivity index (χ1v) is 3.90. The van der Waals surface area contributed by atoms with Gasteiger partial charge in [0.15, 0.2) is 0 Å². The highest BCUT2D eigenvalue weighted by atomic mass is 16.3. The number of aromatic nitrogens is 2. The molecule has 1 unspecified atom stereocenters. The van der Waals surface area contributed by atoms with Gasteiger partial charge in [-0.2, -0.15) is 0 Å². The Morgan fingerprint density at radius 1 is 1.58 bits per heavy atom. The molecule has 0 saturated heterocycles. The number of aliphatic hydroxyl groups excluding tert-OH is 1. The summed E-state index contributed by atoms with van der Waals surface area (Å²) in [6.07, 6.45) is 3.16. The molecule has 66 valence electrons. The topological polar surface area (TPSA) is 72.0 Å². The van der Waals surface area contributed by atoms with Gasteiger partial charge in [-0.25, -0.2) is 0 Å². The number of rotatable bonds is 3. The molecule has 1 aromatic rings. The number of nitrogens with two attached hydrogens (primary N) is 1. The molecule has 0 aliphatic heterocycles. The largest absolute Gasteiger partial charge is 0.387 e. The SMILES string of the molecule is Cc1cncc(C(O)CCN)n1. The van der Waals surface area contributed by atoms with Crippen LogP contribution < -0.4 is 5.73 Å². The standard InChI is InChI=1S/C8H13N3O/c1-6-4-10-5-7(11-6)8(12)2-3-9/h4-5,8,12H,2-3,9H2,1H3. The summed E-state index contributed by atoms with van der Waals surface area (Å²) in [6.45, 7) is 2.29. The molecule has 0 bridgehead atoms. The van der Waals surface area contributed by atoms with Crippen molar-refractivity contribution in [3.63, 3.8) is 0 Å². The average molecular weight is 167 g/mol. The van der Waals surface area contributed by atoms with E-state index in [0.717, 1.165) is 5.69 Å². The van der Waals surface area contributed by atoms with Gasteiger partial charge in [0.1, 0.15) is 0 Å². The smallest absolute Gasteiger partial charge is 0.0987 e. The van der Waals surface area contributed by atoms with Gasteiger partial charge >= 0.3 is 0 Å². The fourth-order valence-corrected chi connectivity index (χ4v) is 0.949. The molecule has 1 aromatic heterocycles. The monoisotopic (exact) mass is 167 g/mol. The summed E-state index contributed by atoms with van der Waals surface area (Å²) in [7, 11) is 0. The summed E-state index contributed by atoms with van der Waals surface area (Å²) in [4.78, 5) is 8.05. The van der Waals surface area contributed by atoms with E-state index in [9.17, 15) is 5.11 Å². The van der Waals surface area contributed by atoms with E-state index in [2.05, 4.69) is 9.97 Å². The zero-order chi connectivity index (χ0) is 8.97. The van der Waals surface area contributed by atoms with Gasteiger partial charge in [0.05, 0.1) is 23.7 Å². The maximum absolute atomic E-state index is 9.46. The average Bonchev–Trinajstić information content (AvgIpc) is 2.05. The lowest BCUT2D eigenvalue weighted by molar-refractivity contribution is 0.165. The summed E-state index contributed by atoms with van der Waals surface area (Å²) >= 11 is 0. The lowest BCUT2D eigenvalue weighted by Gasteiger charge is -2.07. The van der Waals surface area contributed by atoms with Gasteiger partial charge in [-0.1, -0.05) is 0 Å². The van der Waals surface area contributed by atoms with Crippen LogP contribution >= 0.6 is 0 Å². The second kappa shape index (κ2) is 4.13. The fraction of sp³-hybridized carbons (Fsp3) is 0.500. The molecule has 0 fully saturated rings. The van der Waals surface area contributed by atoms with Crippen LogP contribution in [-0.2, 0) is 0 Å². The molecule has 1 rings (SSSR count). The second-order valence-electron chi connectivity index (χ2n) is 2.68. The molecule has 0 aliphatic rings. The van der Waals surface area contributed by atoms with Crippen molar-refractivity contribution in [1.29, 1.82) is 0 Å². The molecule has 4 heteroatoms. The number of nitrogens with zero attached hydrogens (tertiary/aromatic N) is 2. The summed E-state index contributed by atoms with van der Waals surface area (Å²) in [5.41, 5.74) is 6.70. The minimum atomic E-state index is -0.581. The van der Waals surface area contributed by atoms with Crippen molar-refractivity contribution >= 4 is 0 Å². The van der Waals surface area contributed by atoms with E-state index in [-0.39, 0.29) is 0 Å². The van der Waals surface area contributed by atoms with Crippen molar-refractivity contribution in [3.8, 4) is 0 Å². The normalized spacial score (nSPS) is 12.9. The van der Waals surface area contributed by atoms with Gasteiger partial charge in [0.2, 0.25) is 0 Å². The Morgan fingerprint density at radius 3 is 2.92 bits per heavy atom. The molecule has 1 atom stereocenters. The molecule has 1 heterocycles. The van der Waals surface area contributed by atoms with Gasteiger partial charge in [0, 0.05) is 6.20 Å². The van der Waals surface area contributed by atoms with Crippen molar-refractivity contribution in [2.24, 2.45) is 5.73 Å². The van der Waals surface area contributed by atoms with Crippen molar-refractivity contribution in [1.82, 2.24) is 9.97 Å². The third-order valence-corrected chi connectivity index (χ3v) is 1.56. The Hall–Kier alpha value is -1.00. The van der Waals surface area contributed by atoms with Gasteiger partial charge < -0.3 is 10.8 Å². The molecule has 0 aliphatic carbocycles. The van der Waals surface area contributed by atoms with E-state index < -0.39 is 6.10 Å². The molecule has 0 saturated carbocycles. The van der Waals surface area contributed by atoms with Crippen LogP contribution in [0.2, 0.25) is 0 Å². The number of aliphatic hydroxyl groups is 1. The van der Waals surface area contributed by atoms with E-state index in [4.69, 9.17) is 5.73 Å². The van der Waals surface area contributed by atoms with Crippen molar-refractivity contribution in [3.05, 3.63) is 23.8 Å². The summed E-state index contributed by atoms with van der Waals surface area (Å²) in [5, 5.41) is 9.46. The van der Waals surface area contributed by atoms with Crippen LogP contribution in [0.15, 0.2) is 12.4 Å². The summed E-state index contributed by atoms with van der Waals surface area (Å²) < 4.78 is 0. The number of aryl methyl sites for hydroxylation is 1. The lowest BCUT2D eigenvalue weighted by Crippen LogP contribution is -2.08.